The molecule has 0 aliphatic carbocycles. The summed E-state index contributed by atoms with van der Waals surface area (Å²) in [5.74, 6) is 0.632. The van der Waals surface area contributed by atoms with Gasteiger partial charge in [0.1, 0.15) is 16.7 Å². The van der Waals surface area contributed by atoms with E-state index in [4.69, 9.17) is 14.7 Å². The van der Waals surface area contributed by atoms with E-state index in [0.29, 0.717) is 17.2 Å². The highest BCUT2D eigenvalue weighted by molar-refractivity contribution is 7.89. The Kier molecular flexibility index (Phi) is 4.61. The minimum atomic E-state index is -3.65. The second-order valence-corrected chi connectivity index (χ2v) is 7.62. The third-order valence-corrected chi connectivity index (χ3v) is 5.76. The number of hydrogen-bond acceptors (Lipinski definition) is 6. The number of methoxy groups -OCH3 is 1. The highest BCUT2D eigenvalue weighted by Gasteiger charge is 2.39. The Bertz CT molecular complexity index is 931. The summed E-state index contributed by atoms with van der Waals surface area (Å²) in [7, 11) is -2.21. The van der Waals surface area contributed by atoms with Crippen LogP contribution in [0.1, 0.15) is 11.1 Å². The van der Waals surface area contributed by atoms with Gasteiger partial charge in [-0.3, -0.25) is 0 Å². The van der Waals surface area contributed by atoms with E-state index >= 15 is 0 Å². The number of benzene rings is 1. The minimum Gasteiger partial charge on any atom is -0.495 e. The molecule has 0 N–H and O–H groups in total. The molecule has 2 heterocycles. The molecular weight excluding hydrogens is 342 g/mol. The third-order valence-electron chi connectivity index (χ3n) is 3.90. The van der Waals surface area contributed by atoms with Gasteiger partial charge in [-0.25, -0.2) is 13.4 Å². The summed E-state index contributed by atoms with van der Waals surface area (Å²) in [5, 5.41) is 8.88. The van der Waals surface area contributed by atoms with Gasteiger partial charge >= 0.3 is 0 Å². The van der Waals surface area contributed by atoms with E-state index in [9.17, 15) is 8.42 Å². The van der Waals surface area contributed by atoms with Gasteiger partial charge in [0.25, 0.3) is 0 Å². The van der Waals surface area contributed by atoms with E-state index in [1.165, 1.54) is 23.7 Å². The lowest BCUT2D eigenvalue weighted by atomic mass is 10.2. The zero-order valence-electron chi connectivity index (χ0n) is 13.8. The molecule has 0 bridgehead atoms. The minimum absolute atomic E-state index is 0.151. The number of aromatic nitrogens is 1. The molecular formula is C17H17N3O4S. The number of aryl methyl sites for hydroxylation is 1. The topological polar surface area (TPSA) is 92.5 Å². The number of hydrogen-bond donors (Lipinski definition) is 0. The van der Waals surface area contributed by atoms with Crippen molar-refractivity contribution in [3.05, 3.63) is 47.7 Å². The molecule has 7 nitrogen and oxygen atoms in total. The average Bonchev–Trinajstić information content (AvgIpc) is 2.57. The second kappa shape index (κ2) is 6.70. The van der Waals surface area contributed by atoms with Gasteiger partial charge in [-0.2, -0.15) is 9.57 Å². The number of sulfonamides is 1. The van der Waals surface area contributed by atoms with E-state index in [0.717, 1.165) is 5.56 Å². The van der Waals surface area contributed by atoms with Crippen LogP contribution in [0.4, 0.5) is 0 Å². The fraction of sp³-hybridized carbons (Fsp3) is 0.294. The number of nitriles is 1. The molecule has 0 spiro atoms. The smallest absolute Gasteiger partial charge is 0.247 e. The molecule has 0 amide bonds. The molecule has 3 rings (SSSR count). The van der Waals surface area contributed by atoms with Crippen molar-refractivity contribution < 1.29 is 17.9 Å². The Hall–Kier alpha value is -2.63. The lowest BCUT2D eigenvalue weighted by Gasteiger charge is -2.37. The number of nitrogens with zero attached hydrogens (tertiary/aromatic N) is 3. The summed E-state index contributed by atoms with van der Waals surface area (Å²) < 4.78 is 37.7. The molecule has 1 saturated heterocycles. The molecule has 0 atom stereocenters. The summed E-state index contributed by atoms with van der Waals surface area (Å²) in [6.45, 7) is 2.27. The van der Waals surface area contributed by atoms with Gasteiger partial charge < -0.3 is 9.47 Å². The fourth-order valence-electron chi connectivity index (χ4n) is 2.51. The van der Waals surface area contributed by atoms with Gasteiger partial charge in [-0.05, 0) is 30.7 Å². The van der Waals surface area contributed by atoms with E-state index in [1.807, 2.05) is 13.0 Å². The number of ether oxygens (including phenoxy) is 2. The first-order chi connectivity index (χ1) is 11.9. The highest BCUT2D eigenvalue weighted by atomic mass is 32.2. The van der Waals surface area contributed by atoms with Gasteiger partial charge in [-0.1, -0.05) is 6.07 Å². The third kappa shape index (κ3) is 3.43. The van der Waals surface area contributed by atoms with Crippen LogP contribution < -0.4 is 9.47 Å². The van der Waals surface area contributed by atoms with Crippen LogP contribution >= 0.6 is 0 Å². The Morgan fingerprint density at radius 3 is 2.72 bits per heavy atom. The Morgan fingerprint density at radius 2 is 2.04 bits per heavy atom. The van der Waals surface area contributed by atoms with E-state index in [1.54, 1.807) is 24.3 Å². The monoisotopic (exact) mass is 359 g/mol. The van der Waals surface area contributed by atoms with E-state index < -0.39 is 10.0 Å². The highest BCUT2D eigenvalue weighted by Crippen LogP contribution is 2.31. The molecule has 130 valence electrons. The second-order valence-electron chi connectivity index (χ2n) is 5.71. The van der Waals surface area contributed by atoms with Gasteiger partial charge in [0.05, 0.1) is 31.8 Å². The van der Waals surface area contributed by atoms with Crippen molar-refractivity contribution in [2.45, 2.75) is 17.9 Å². The van der Waals surface area contributed by atoms with E-state index in [2.05, 4.69) is 4.98 Å². The lowest BCUT2D eigenvalue weighted by Crippen LogP contribution is -2.56. The average molecular weight is 359 g/mol. The van der Waals surface area contributed by atoms with Crippen LogP contribution in [0.25, 0.3) is 0 Å². The van der Waals surface area contributed by atoms with E-state index in [-0.39, 0.29) is 24.1 Å². The first-order valence-corrected chi connectivity index (χ1v) is 9.05. The van der Waals surface area contributed by atoms with Crippen molar-refractivity contribution in [3.8, 4) is 17.7 Å². The van der Waals surface area contributed by atoms with Crippen molar-refractivity contribution in [2.75, 3.05) is 20.2 Å². The van der Waals surface area contributed by atoms with Crippen LogP contribution in [-0.2, 0) is 10.0 Å². The van der Waals surface area contributed by atoms with Crippen LogP contribution in [-0.4, -0.2) is 44.0 Å². The van der Waals surface area contributed by atoms with Crippen LogP contribution in [0.3, 0.4) is 0 Å². The van der Waals surface area contributed by atoms with Crippen molar-refractivity contribution in [1.29, 1.82) is 5.26 Å². The summed E-state index contributed by atoms with van der Waals surface area (Å²) in [6.07, 6.45) is 1.19. The molecule has 0 saturated carbocycles. The largest absolute Gasteiger partial charge is 0.495 e. The van der Waals surface area contributed by atoms with Crippen molar-refractivity contribution in [1.82, 2.24) is 9.29 Å². The standard InChI is InChI=1S/C17H17N3O4S/c1-12-3-4-15(23-2)16(7-12)25(21,22)20-10-14(11-20)24-17-8-13(9-18)5-6-19-17/h3-8,14H,10-11H2,1-2H3. The predicted octanol–water partition coefficient (Wildman–Crippen LogP) is 1.72. The number of pyridine rings is 1. The maximum absolute atomic E-state index is 12.8. The summed E-state index contributed by atoms with van der Waals surface area (Å²) in [4.78, 5) is 4.18. The molecule has 8 heteroatoms. The first-order valence-electron chi connectivity index (χ1n) is 7.61. The van der Waals surface area contributed by atoms with Gasteiger partial charge in [-0.15, -0.1) is 0 Å². The van der Waals surface area contributed by atoms with Gasteiger partial charge in [0.2, 0.25) is 15.9 Å². The fourth-order valence-corrected chi connectivity index (χ4v) is 4.25. The number of rotatable bonds is 5. The maximum atomic E-state index is 12.8. The van der Waals surface area contributed by atoms with Crippen molar-refractivity contribution in [2.24, 2.45) is 0 Å². The quantitative estimate of drug-likeness (QED) is 0.807. The molecule has 25 heavy (non-hydrogen) atoms. The summed E-state index contributed by atoms with van der Waals surface area (Å²) >= 11 is 0. The lowest BCUT2D eigenvalue weighted by molar-refractivity contribution is 0.0719. The van der Waals surface area contributed by atoms with Crippen molar-refractivity contribution >= 4 is 10.0 Å². The van der Waals surface area contributed by atoms with Crippen LogP contribution in [0, 0.1) is 18.3 Å². The maximum Gasteiger partial charge on any atom is 0.247 e. The van der Waals surface area contributed by atoms with Gasteiger partial charge in [0, 0.05) is 12.3 Å². The first kappa shape index (κ1) is 17.2. The molecule has 1 aliphatic rings. The zero-order valence-corrected chi connectivity index (χ0v) is 14.7. The summed E-state index contributed by atoms with van der Waals surface area (Å²) in [6, 6.07) is 10.2. The van der Waals surface area contributed by atoms with Crippen LogP contribution in [0.2, 0.25) is 0 Å². The Labute approximate surface area is 146 Å². The normalized spacial score (nSPS) is 15.2. The van der Waals surface area contributed by atoms with Crippen LogP contribution in [0.5, 0.6) is 11.6 Å². The van der Waals surface area contributed by atoms with Gasteiger partial charge in [0.15, 0.2) is 0 Å². The molecule has 1 aromatic heterocycles. The molecule has 0 unspecified atom stereocenters. The SMILES string of the molecule is COc1ccc(C)cc1S(=O)(=O)N1CC(Oc2cc(C#N)ccn2)C1. The Balaban J connectivity index is 1.71. The zero-order chi connectivity index (χ0) is 18.0. The molecule has 0 radical (unpaired) electrons. The molecule has 1 aromatic carbocycles. The molecule has 1 aliphatic heterocycles. The summed E-state index contributed by atoms with van der Waals surface area (Å²) in [5.41, 5.74) is 1.28. The molecule has 1 fully saturated rings. The Morgan fingerprint density at radius 1 is 1.28 bits per heavy atom. The predicted molar refractivity (Wildman–Crippen MR) is 89.9 cm³/mol. The van der Waals surface area contributed by atoms with Crippen molar-refractivity contribution in [3.63, 3.8) is 0 Å². The van der Waals surface area contributed by atoms with Crippen LogP contribution in [0.15, 0.2) is 41.4 Å². The molecule has 2 aromatic rings.